The quantitative estimate of drug-likeness (QED) is 0.755. The van der Waals surface area contributed by atoms with E-state index in [0.29, 0.717) is 6.04 Å². The first-order valence-electron chi connectivity index (χ1n) is 7.07. The van der Waals surface area contributed by atoms with Gasteiger partial charge in [0.25, 0.3) is 0 Å². The summed E-state index contributed by atoms with van der Waals surface area (Å²) in [5.41, 5.74) is 1.17. The Kier molecular flexibility index (Phi) is 6.56. The molecule has 1 rings (SSSR count). The molecule has 19 heavy (non-hydrogen) atoms. The Hall–Kier alpha value is -1.36. The normalized spacial score (nSPS) is 12.5. The van der Waals surface area contributed by atoms with E-state index in [1.807, 2.05) is 0 Å². The SMILES string of the molecule is CCCNc1ncnc(NC(C)CN(C)C)c1CC. The van der Waals surface area contributed by atoms with Crippen LogP contribution in [0, 0.1) is 0 Å². The van der Waals surface area contributed by atoms with Gasteiger partial charge >= 0.3 is 0 Å². The average Bonchev–Trinajstić information content (AvgIpc) is 2.35. The lowest BCUT2D eigenvalue weighted by atomic mass is 10.2. The second-order valence-electron chi connectivity index (χ2n) is 5.14. The first-order valence-corrected chi connectivity index (χ1v) is 7.07. The van der Waals surface area contributed by atoms with E-state index in [1.54, 1.807) is 6.33 Å². The molecule has 0 amide bonds. The van der Waals surface area contributed by atoms with Crippen LogP contribution in [-0.4, -0.2) is 48.1 Å². The van der Waals surface area contributed by atoms with Gasteiger partial charge in [0.05, 0.1) is 0 Å². The molecule has 0 bridgehead atoms. The van der Waals surface area contributed by atoms with E-state index >= 15 is 0 Å². The Morgan fingerprint density at radius 3 is 2.47 bits per heavy atom. The molecule has 0 aliphatic heterocycles. The molecule has 0 aromatic carbocycles. The van der Waals surface area contributed by atoms with Crippen LogP contribution in [0.25, 0.3) is 0 Å². The standard InChI is InChI=1S/C14H27N5/c1-6-8-15-13-12(7-2)14(17-10-16-13)18-11(3)9-19(4)5/h10-11H,6-9H2,1-5H3,(H2,15,16,17,18). The Labute approximate surface area is 116 Å². The maximum atomic E-state index is 4.38. The largest absolute Gasteiger partial charge is 0.370 e. The van der Waals surface area contributed by atoms with Gasteiger partial charge in [-0.1, -0.05) is 13.8 Å². The molecular weight excluding hydrogens is 238 g/mol. The van der Waals surface area contributed by atoms with Crippen LogP contribution in [0.15, 0.2) is 6.33 Å². The third-order valence-corrected chi connectivity index (χ3v) is 2.86. The van der Waals surface area contributed by atoms with Gasteiger partial charge in [0.2, 0.25) is 0 Å². The number of aromatic nitrogens is 2. The van der Waals surface area contributed by atoms with Crippen molar-refractivity contribution in [3.63, 3.8) is 0 Å². The number of anilines is 2. The van der Waals surface area contributed by atoms with Gasteiger partial charge < -0.3 is 15.5 Å². The minimum absolute atomic E-state index is 0.356. The molecule has 0 fully saturated rings. The van der Waals surface area contributed by atoms with Gasteiger partial charge in [-0.3, -0.25) is 0 Å². The van der Waals surface area contributed by atoms with Crippen molar-refractivity contribution in [2.45, 2.75) is 39.7 Å². The fourth-order valence-electron chi connectivity index (χ4n) is 2.09. The lowest BCUT2D eigenvalue weighted by molar-refractivity contribution is 0.392. The summed E-state index contributed by atoms with van der Waals surface area (Å²) in [4.78, 5) is 10.9. The number of hydrogen-bond donors (Lipinski definition) is 2. The first-order chi connectivity index (χ1) is 9.08. The van der Waals surface area contributed by atoms with Crippen LogP contribution in [0.4, 0.5) is 11.6 Å². The zero-order valence-corrected chi connectivity index (χ0v) is 12.8. The van der Waals surface area contributed by atoms with Gasteiger partial charge in [0.1, 0.15) is 18.0 Å². The van der Waals surface area contributed by atoms with Crippen molar-refractivity contribution in [2.24, 2.45) is 0 Å². The maximum absolute atomic E-state index is 4.38. The molecule has 108 valence electrons. The van der Waals surface area contributed by atoms with Crippen LogP contribution in [-0.2, 0) is 6.42 Å². The highest BCUT2D eigenvalue weighted by Crippen LogP contribution is 2.21. The molecule has 0 saturated heterocycles. The van der Waals surface area contributed by atoms with Crippen LogP contribution in [0.3, 0.4) is 0 Å². The molecule has 1 atom stereocenters. The molecule has 2 N–H and O–H groups in total. The molecular formula is C14H27N5. The van der Waals surface area contributed by atoms with E-state index in [4.69, 9.17) is 0 Å². The highest BCUT2D eigenvalue weighted by atomic mass is 15.1. The highest BCUT2D eigenvalue weighted by Gasteiger charge is 2.12. The Morgan fingerprint density at radius 1 is 1.21 bits per heavy atom. The summed E-state index contributed by atoms with van der Waals surface area (Å²) in [6.45, 7) is 8.37. The van der Waals surface area contributed by atoms with Crippen molar-refractivity contribution in [1.29, 1.82) is 0 Å². The van der Waals surface area contributed by atoms with Gasteiger partial charge in [-0.05, 0) is 33.9 Å². The van der Waals surface area contributed by atoms with Gasteiger partial charge in [0.15, 0.2) is 0 Å². The van der Waals surface area contributed by atoms with Crippen LogP contribution >= 0.6 is 0 Å². The van der Waals surface area contributed by atoms with E-state index in [1.165, 1.54) is 5.56 Å². The number of nitrogens with zero attached hydrogens (tertiary/aromatic N) is 3. The predicted octanol–water partition coefficient (Wildman–Crippen LogP) is 2.22. The average molecular weight is 265 g/mol. The van der Waals surface area contributed by atoms with Crippen LogP contribution in [0.2, 0.25) is 0 Å². The topological polar surface area (TPSA) is 53.1 Å². The van der Waals surface area contributed by atoms with Crippen LogP contribution < -0.4 is 10.6 Å². The molecule has 0 aliphatic carbocycles. The van der Waals surface area contributed by atoms with Crippen molar-refractivity contribution in [2.75, 3.05) is 37.8 Å². The fraction of sp³-hybridized carbons (Fsp3) is 0.714. The Morgan fingerprint density at radius 2 is 1.89 bits per heavy atom. The van der Waals surface area contributed by atoms with Crippen molar-refractivity contribution in [3.05, 3.63) is 11.9 Å². The van der Waals surface area contributed by atoms with Gasteiger partial charge in [-0.2, -0.15) is 0 Å². The second-order valence-corrected chi connectivity index (χ2v) is 5.14. The lowest BCUT2D eigenvalue weighted by Gasteiger charge is -2.21. The number of nitrogens with one attached hydrogen (secondary N) is 2. The highest BCUT2D eigenvalue weighted by molar-refractivity contribution is 5.57. The summed E-state index contributed by atoms with van der Waals surface area (Å²) in [6, 6.07) is 0.356. The lowest BCUT2D eigenvalue weighted by Crippen LogP contribution is -2.30. The van der Waals surface area contributed by atoms with E-state index in [2.05, 4.69) is 60.4 Å². The summed E-state index contributed by atoms with van der Waals surface area (Å²) < 4.78 is 0. The Balaban J connectivity index is 2.81. The van der Waals surface area contributed by atoms with Crippen LogP contribution in [0.5, 0.6) is 0 Å². The molecule has 1 heterocycles. The molecule has 5 heteroatoms. The minimum atomic E-state index is 0.356. The number of rotatable bonds is 8. The van der Waals surface area contributed by atoms with E-state index in [9.17, 15) is 0 Å². The molecule has 0 aliphatic rings. The molecule has 1 aromatic rings. The van der Waals surface area contributed by atoms with Gasteiger partial charge in [0, 0.05) is 24.7 Å². The maximum Gasteiger partial charge on any atom is 0.134 e. The Bertz CT molecular complexity index is 378. The summed E-state index contributed by atoms with van der Waals surface area (Å²) in [5, 5.41) is 6.84. The summed E-state index contributed by atoms with van der Waals surface area (Å²) >= 11 is 0. The van der Waals surface area contributed by atoms with Crippen molar-refractivity contribution in [3.8, 4) is 0 Å². The van der Waals surface area contributed by atoms with E-state index in [-0.39, 0.29) is 0 Å². The zero-order chi connectivity index (χ0) is 14.3. The molecule has 1 aromatic heterocycles. The zero-order valence-electron chi connectivity index (χ0n) is 12.8. The minimum Gasteiger partial charge on any atom is -0.370 e. The van der Waals surface area contributed by atoms with E-state index < -0.39 is 0 Å². The van der Waals surface area contributed by atoms with Crippen molar-refractivity contribution >= 4 is 11.6 Å². The first kappa shape index (κ1) is 15.7. The monoisotopic (exact) mass is 265 g/mol. The number of hydrogen-bond acceptors (Lipinski definition) is 5. The number of likely N-dealkylation sites (N-methyl/N-ethyl adjacent to an activating group) is 1. The van der Waals surface area contributed by atoms with E-state index in [0.717, 1.165) is 37.6 Å². The summed E-state index contributed by atoms with van der Waals surface area (Å²) in [6.07, 6.45) is 3.64. The van der Waals surface area contributed by atoms with Crippen LogP contribution in [0.1, 0.15) is 32.8 Å². The second kappa shape index (κ2) is 7.94. The van der Waals surface area contributed by atoms with Gasteiger partial charge in [-0.15, -0.1) is 0 Å². The molecule has 1 unspecified atom stereocenters. The molecule has 0 radical (unpaired) electrons. The molecule has 5 nitrogen and oxygen atoms in total. The van der Waals surface area contributed by atoms with Gasteiger partial charge in [-0.25, -0.2) is 9.97 Å². The van der Waals surface area contributed by atoms with Crippen molar-refractivity contribution < 1.29 is 0 Å². The molecule has 0 spiro atoms. The third kappa shape index (κ3) is 5.03. The third-order valence-electron chi connectivity index (χ3n) is 2.86. The van der Waals surface area contributed by atoms with Crippen molar-refractivity contribution in [1.82, 2.24) is 14.9 Å². The smallest absolute Gasteiger partial charge is 0.134 e. The molecule has 0 saturated carbocycles. The summed E-state index contributed by atoms with van der Waals surface area (Å²) in [7, 11) is 4.15. The predicted molar refractivity (Wildman–Crippen MR) is 81.8 cm³/mol. The summed E-state index contributed by atoms with van der Waals surface area (Å²) in [5.74, 6) is 1.91. The fourth-order valence-corrected chi connectivity index (χ4v) is 2.09.